The van der Waals surface area contributed by atoms with Crippen LogP contribution in [0.5, 0.6) is 0 Å². The van der Waals surface area contributed by atoms with Crippen LogP contribution in [-0.4, -0.2) is 48.8 Å². The highest BCUT2D eigenvalue weighted by Crippen LogP contribution is 2.40. The zero-order chi connectivity index (χ0) is 27.8. The van der Waals surface area contributed by atoms with Crippen LogP contribution in [0.2, 0.25) is 0 Å². The number of aromatic nitrogens is 6. The van der Waals surface area contributed by atoms with Crippen molar-refractivity contribution < 1.29 is 13.6 Å². The lowest BCUT2D eigenvalue weighted by atomic mass is 10.00. The van der Waals surface area contributed by atoms with Gasteiger partial charge in [0.05, 0.1) is 25.0 Å². The minimum atomic E-state index is -2.99. The summed E-state index contributed by atoms with van der Waals surface area (Å²) in [5.74, 6) is -1.14. The molecular formula is C29H30F2N8O. The average Bonchev–Trinajstić information content (AvgIpc) is 3.60. The van der Waals surface area contributed by atoms with E-state index in [1.807, 2.05) is 39.4 Å². The van der Waals surface area contributed by atoms with Crippen LogP contribution in [0.4, 0.5) is 20.3 Å². The molecule has 0 N–H and O–H groups in total. The highest BCUT2D eigenvalue weighted by Gasteiger charge is 2.33. The van der Waals surface area contributed by atoms with Crippen molar-refractivity contribution in [2.75, 3.05) is 23.4 Å². The standard InChI is InChI=1S/C29H30F2N8O/c1-17-12-33-39(20-7-8-20)25(17)26-32-13-22-28(35-26)38(16-24(40)36(22)3)14-18-6-9-21-19(11-18)5-4-10-37-15-23(29(2,30)31)34-27(21)37/h6,9,11-13,15,20H,4-5,7-8,10,14,16H2,1-3H3. The molecule has 206 valence electrons. The topological polar surface area (TPSA) is 85.0 Å². The quantitative estimate of drug-likeness (QED) is 0.356. The smallest absolute Gasteiger partial charge is 0.288 e. The van der Waals surface area contributed by atoms with E-state index in [9.17, 15) is 13.6 Å². The maximum absolute atomic E-state index is 14.0. The van der Waals surface area contributed by atoms with E-state index in [4.69, 9.17) is 4.98 Å². The molecule has 1 amide bonds. The van der Waals surface area contributed by atoms with E-state index in [2.05, 4.69) is 21.1 Å². The Morgan fingerprint density at radius 1 is 1.15 bits per heavy atom. The molecule has 0 saturated heterocycles. The Hall–Kier alpha value is -4.15. The second kappa shape index (κ2) is 8.94. The Morgan fingerprint density at radius 3 is 2.75 bits per heavy atom. The van der Waals surface area contributed by atoms with Gasteiger partial charge in [-0.05, 0) is 49.3 Å². The summed E-state index contributed by atoms with van der Waals surface area (Å²) in [6, 6.07) is 6.46. The Labute approximate surface area is 230 Å². The minimum absolute atomic E-state index is 0.0344. The van der Waals surface area contributed by atoms with Gasteiger partial charge in [0.1, 0.15) is 22.9 Å². The van der Waals surface area contributed by atoms with Gasteiger partial charge >= 0.3 is 0 Å². The number of alkyl halides is 2. The van der Waals surface area contributed by atoms with Crippen LogP contribution in [-0.2, 0) is 30.2 Å². The van der Waals surface area contributed by atoms with E-state index in [-0.39, 0.29) is 18.1 Å². The molecule has 11 heteroatoms. The van der Waals surface area contributed by atoms with Gasteiger partial charge in [0.15, 0.2) is 11.6 Å². The van der Waals surface area contributed by atoms with E-state index in [1.54, 1.807) is 18.1 Å². The summed E-state index contributed by atoms with van der Waals surface area (Å²) in [5.41, 5.74) is 5.36. The van der Waals surface area contributed by atoms with E-state index >= 15 is 0 Å². The molecule has 4 aromatic rings. The van der Waals surface area contributed by atoms with Crippen LogP contribution in [0, 0.1) is 6.92 Å². The number of fused-ring (bicyclic) bond motifs is 4. The van der Waals surface area contributed by atoms with E-state index in [0.717, 1.165) is 60.6 Å². The van der Waals surface area contributed by atoms with Crippen LogP contribution in [0.15, 0.2) is 36.8 Å². The van der Waals surface area contributed by atoms with Gasteiger partial charge in [0, 0.05) is 38.8 Å². The van der Waals surface area contributed by atoms with Crippen molar-refractivity contribution in [3.8, 4) is 22.9 Å². The first kappa shape index (κ1) is 24.9. The van der Waals surface area contributed by atoms with Crippen molar-refractivity contribution in [1.82, 2.24) is 29.3 Å². The normalized spacial score (nSPS) is 17.0. The van der Waals surface area contributed by atoms with Crippen LogP contribution in [0.25, 0.3) is 22.9 Å². The molecule has 0 unspecified atom stereocenters. The minimum Gasteiger partial charge on any atom is -0.341 e. The number of halogens is 2. The number of anilines is 2. The molecule has 0 radical (unpaired) electrons. The van der Waals surface area contributed by atoms with Gasteiger partial charge in [-0.2, -0.15) is 13.9 Å². The van der Waals surface area contributed by atoms with Crippen LogP contribution in [0.1, 0.15) is 54.6 Å². The number of hydrogen-bond acceptors (Lipinski definition) is 6. The second-order valence-corrected chi connectivity index (χ2v) is 11.2. The van der Waals surface area contributed by atoms with Crippen molar-refractivity contribution in [3.05, 3.63) is 59.2 Å². The lowest BCUT2D eigenvalue weighted by Crippen LogP contribution is -2.44. The second-order valence-electron chi connectivity index (χ2n) is 11.2. The molecule has 40 heavy (non-hydrogen) atoms. The van der Waals surface area contributed by atoms with Crippen molar-refractivity contribution >= 4 is 17.4 Å². The SMILES string of the molecule is Cc1cnn(C2CC2)c1-c1ncc2c(n1)N(Cc1ccc3c(c1)CCCn1cc(C(C)(F)F)nc1-3)CC(=O)N2C. The lowest BCUT2D eigenvalue weighted by Gasteiger charge is -2.34. The summed E-state index contributed by atoms with van der Waals surface area (Å²) >= 11 is 0. The summed E-state index contributed by atoms with van der Waals surface area (Å²) in [6.45, 7) is 4.20. The number of rotatable bonds is 5. The molecule has 7 rings (SSSR count). The fraction of sp³-hybridized carbons (Fsp3) is 0.414. The van der Waals surface area contributed by atoms with E-state index < -0.39 is 5.92 Å². The lowest BCUT2D eigenvalue weighted by molar-refractivity contribution is -0.117. The number of amides is 1. The molecule has 9 nitrogen and oxygen atoms in total. The van der Waals surface area contributed by atoms with E-state index in [0.29, 0.717) is 42.3 Å². The zero-order valence-corrected chi connectivity index (χ0v) is 22.7. The molecule has 1 saturated carbocycles. The molecule has 1 aliphatic carbocycles. The molecule has 0 atom stereocenters. The predicted molar refractivity (Wildman–Crippen MR) is 146 cm³/mol. The number of benzene rings is 1. The van der Waals surface area contributed by atoms with Gasteiger partial charge in [-0.3, -0.25) is 9.48 Å². The maximum atomic E-state index is 14.0. The highest BCUT2D eigenvalue weighted by atomic mass is 19.3. The Kier molecular flexibility index (Phi) is 5.55. The predicted octanol–water partition coefficient (Wildman–Crippen LogP) is 4.89. The fourth-order valence-electron chi connectivity index (χ4n) is 5.73. The third-order valence-corrected chi connectivity index (χ3v) is 8.05. The molecule has 2 aliphatic heterocycles. The number of hydrogen-bond donors (Lipinski definition) is 0. The Balaban J connectivity index is 1.24. The largest absolute Gasteiger partial charge is 0.341 e. The van der Waals surface area contributed by atoms with Crippen LogP contribution >= 0.6 is 0 Å². The van der Waals surface area contributed by atoms with Crippen molar-refractivity contribution in [2.45, 2.75) is 64.6 Å². The van der Waals surface area contributed by atoms with Gasteiger partial charge in [0.25, 0.3) is 5.92 Å². The van der Waals surface area contributed by atoms with Crippen molar-refractivity contribution in [1.29, 1.82) is 0 Å². The summed E-state index contributed by atoms with van der Waals surface area (Å²) in [7, 11) is 1.75. The molecule has 0 spiro atoms. The molecule has 1 fully saturated rings. The van der Waals surface area contributed by atoms with Crippen LogP contribution < -0.4 is 9.80 Å². The summed E-state index contributed by atoms with van der Waals surface area (Å²) in [4.78, 5) is 30.5. The van der Waals surface area contributed by atoms with Crippen LogP contribution in [0.3, 0.4) is 0 Å². The number of nitrogens with zero attached hydrogens (tertiary/aromatic N) is 8. The number of carbonyl (C=O) groups excluding carboxylic acids is 1. The van der Waals surface area contributed by atoms with Gasteiger partial charge in [0.2, 0.25) is 5.91 Å². The molecule has 0 bridgehead atoms. The summed E-state index contributed by atoms with van der Waals surface area (Å²) in [5, 5.41) is 4.57. The molecule has 1 aromatic carbocycles. The summed E-state index contributed by atoms with van der Waals surface area (Å²) in [6.07, 6.45) is 8.90. The summed E-state index contributed by atoms with van der Waals surface area (Å²) < 4.78 is 31.9. The first-order chi connectivity index (χ1) is 19.2. The van der Waals surface area contributed by atoms with Gasteiger partial charge in [-0.15, -0.1) is 0 Å². The van der Waals surface area contributed by atoms with Gasteiger partial charge in [-0.25, -0.2) is 15.0 Å². The average molecular weight is 545 g/mol. The molecule has 3 aliphatic rings. The van der Waals surface area contributed by atoms with Gasteiger partial charge in [-0.1, -0.05) is 18.2 Å². The molecule has 5 heterocycles. The zero-order valence-electron chi connectivity index (χ0n) is 22.7. The maximum Gasteiger partial charge on any atom is 0.288 e. The first-order valence-electron chi connectivity index (χ1n) is 13.7. The Bertz CT molecular complexity index is 1650. The number of imidazole rings is 1. The van der Waals surface area contributed by atoms with Gasteiger partial charge < -0.3 is 14.4 Å². The number of carbonyl (C=O) groups is 1. The number of aryl methyl sites for hydroxylation is 3. The monoisotopic (exact) mass is 544 g/mol. The van der Waals surface area contributed by atoms with E-state index in [1.165, 1.54) is 6.20 Å². The molecular weight excluding hydrogens is 514 g/mol. The van der Waals surface area contributed by atoms with Crippen molar-refractivity contribution in [3.63, 3.8) is 0 Å². The Morgan fingerprint density at radius 2 is 1.98 bits per heavy atom. The third-order valence-electron chi connectivity index (χ3n) is 8.05. The molecule has 3 aromatic heterocycles. The highest BCUT2D eigenvalue weighted by molar-refractivity contribution is 6.01. The fourth-order valence-corrected chi connectivity index (χ4v) is 5.73. The van der Waals surface area contributed by atoms with Crippen molar-refractivity contribution in [2.24, 2.45) is 0 Å². The third kappa shape index (κ3) is 4.15. The first-order valence-corrected chi connectivity index (χ1v) is 13.7. The number of likely N-dealkylation sites (N-methyl/N-ethyl adjacent to an activating group) is 1.